The highest BCUT2D eigenvalue weighted by Crippen LogP contribution is 2.36. The summed E-state index contributed by atoms with van der Waals surface area (Å²) in [5, 5.41) is 9.71. The largest absolute Gasteiger partial charge is 0.366 e. The van der Waals surface area contributed by atoms with Gasteiger partial charge in [-0.05, 0) is 36.1 Å². The van der Waals surface area contributed by atoms with Crippen molar-refractivity contribution in [2.45, 2.75) is 13.0 Å². The van der Waals surface area contributed by atoms with E-state index in [1.165, 1.54) is 0 Å². The minimum atomic E-state index is -0.486. The Kier molecular flexibility index (Phi) is 3.39. The molecule has 1 aliphatic rings. The van der Waals surface area contributed by atoms with E-state index < -0.39 is 11.9 Å². The third-order valence-corrected chi connectivity index (χ3v) is 4.75. The lowest BCUT2D eigenvalue weighted by Crippen LogP contribution is -2.31. The predicted octanol–water partition coefficient (Wildman–Crippen LogP) is 2.18. The average Bonchev–Trinajstić information content (AvgIpc) is 3.23. The van der Waals surface area contributed by atoms with Crippen molar-refractivity contribution in [1.29, 1.82) is 0 Å². The van der Waals surface area contributed by atoms with E-state index >= 15 is 0 Å². The normalized spacial score (nSPS) is 16.6. The maximum Gasteiger partial charge on any atom is 0.248 e. The number of allylic oxidation sites excluding steroid dienone is 1. The topological polar surface area (TPSA) is 98.7 Å². The number of nitrogens with zero attached hydrogens (tertiary/aromatic N) is 4. The number of hydrogen-bond donors (Lipinski definition) is 2. The number of primary amides is 1. The first-order valence-corrected chi connectivity index (χ1v) is 8.21. The zero-order valence-electron chi connectivity index (χ0n) is 12.8. The Morgan fingerprint density at radius 1 is 1.33 bits per heavy atom. The molecule has 1 unspecified atom stereocenters. The van der Waals surface area contributed by atoms with Gasteiger partial charge in [-0.15, -0.1) is 16.4 Å². The molecule has 3 aromatic rings. The molecule has 0 bridgehead atoms. The summed E-state index contributed by atoms with van der Waals surface area (Å²) >= 11 is 1.56. The lowest BCUT2D eigenvalue weighted by atomic mass is 9.96. The highest BCUT2D eigenvalue weighted by Gasteiger charge is 2.33. The van der Waals surface area contributed by atoms with Crippen LogP contribution in [0.3, 0.4) is 0 Å². The number of hydrogen-bond acceptors (Lipinski definition) is 6. The van der Waals surface area contributed by atoms with Crippen molar-refractivity contribution in [1.82, 2.24) is 19.7 Å². The summed E-state index contributed by atoms with van der Waals surface area (Å²) in [6.45, 7) is 1.82. The van der Waals surface area contributed by atoms with Gasteiger partial charge in [-0.2, -0.15) is 4.98 Å². The van der Waals surface area contributed by atoms with Crippen molar-refractivity contribution in [2.24, 2.45) is 5.73 Å². The van der Waals surface area contributed by atoms with Crippen molar-refractivity contribution in [3.05, 3.63) is 58.9 Å². The second kappa shape index (κ2) is 5.57. The first kappa shape index (κ1) is 14.6. The fourth-order valence-electron chi connectivity index (χ4n) is 2.83. The lowest BCUT2D eigenvalue weighted by molar-refractivity contribution is -0.115. The number of nitrogens with one attached hydrogen (secondary N) is 1. The number of thiophene rings is 1. The molecule has 3 aromatic heterocycles. The van der Waals surface area contributed by atoms with Crippen molar-refractivity contribution in [3.8, 4) is 10.7 Å². The van der Waals surface area contributed by atoms with Gasteiger partial charge in [0.25, 0.3) is 0 Å². The molecule has 120 valence electrons. The van der Waals surface area contributed by atoms with Crippen LogP contribution in [0.2, 0.25) is 0 Å². The summed E-state index contributed by atoms with van der Waals surface area (Å²) in [6.07, 6.45) is 3.37. The van der Waals surface area contributed by atoms with E-state index in [1.807, 2.05) is 36.6 Å². The first-order valence-electron chi connectivity index (χ1n) is 7.33. The van der Waals surface area contributed by atoms with Crippen molar-refractivity contribution >= 4 is 23.2 Å². The summed E-state index contributed by atoms with van der Waals surface area (Å²) in [4.78, 5) is 21.6. The summed E-state index contributed by atoms with van der Waals surface area (Å²) in [5.74, 6) is 0.716. The highest BCUT2D eigenvalue weighted by molar-refractivity contribution is 7.13. The molecule has 4 rings (SSSR count). The molecular weight excluding hydrogens is 324 g/mol. The maximum atomic E-state index is 12.0. The van der Waals surface area contributed by atoms with Gasteiger partial charge in [0.2, 0.25) is 11.9 Å². The Morgan fingerprint density at radius 3 is 2.79 bits per heavy atom. The number of carbonyl (C=O) groups excluding carboxylic acids is 1. The number of fused-ring (bicyclic) bond motifs is 1. The molecule has 1 atom stereocenters. The van der Waals surface area contributed by atoms with Gasteiger partial charge in [0.15, 0.2) is 5.82 Å². The Balaban J connectivity index is 1.90. The van der Waals surface area contributed by atoms with Gasteiger partial charge in [0, 0.05) is 18.1 Å². The smallest absolute Gasteiger partial charge is 0.248 e. The van der Waals surface area contributed by atoms with Gasteiger partial charge < -0.3 is 11.1 Å². The number of aromatic nitrogens is 4. The molecule has 0 fully saturated rings. The fourth-order valence-corrected chi connectivity index (χ4v) is 3.49. The van der Waals surface area contributed by atoms with Gasteiger partial charge in [0.1, 0.15) is 6.04 Å². The van der Waals surface area contributed by atoms with Crippen LogP contribution in [0.1, 0.15) is 18.5 Å². The summed E-state index contributed by atoms with van der Waals surface area (Å²) in [6, 6.07) is 7.18. The molecule has 7 nitrogen and oxygen atoms in total. The van der Waals surface area contributed by atoms with E-state index in [9.17, 15) is 4.79 Å². The number of amides is 1. The summed E-state index contributed by atoms with van der Waals surface area (Å²) < 4.78 is 1.71. The van der Waals surface area contributed by atoms with Crippen molar-refractivity contribution in [2.75, 3.05) is 5.32 Å². The number of pyridine rings is 1. The van der Waals surface area contributed by atoms with E-state index in [4.69, 9.17) is 5.73 Å². The zero-order chi connectivity index (χ0) is 16.7. The number of anilines is 1. The van der Waals surface area contributed by atoms with Crippen LogP contribution in [0.15, 0.2) is 53.3 Å². The standard InChI is InChI=1S/C16H14N6OS/c1-9-12(14(17)23)13(10-4-6-18-7-5-10)22-16(19-9)20-15(21-22)11-3-2-8-24-11/h2-8,13H,1H3,(H2,17,23)(H,19,20,21). The van der Waals surface area contributed by atoms with Crippen LogP contribution in [0.4, 0.5) is 5.95 Å². The average molecular weight is 338 g/mol. The molecular formula is C16H14N6OS. The van der Waals surface area contributed by atoms with Crippen LogP contribution in [0.5, 0.6) is 0 Å². The maximum absolute atomic E-state index is 12.0. The number of rotatable bonds is 3. The van der Waals surface area contributed by atoms with Crippen LogP contribution in [0, 0.1) is 0 Å². The molecule has 3 N–H and O–H groups in total. The van der Waals surface area contributed by atoms with Crippen LogP contribution in [-0.4, -0.2) is 25.7 Å². The third-order valence-electron chi connectivity index (χ3n) is 3.88. The van der Waals surface area contributed by atoms with Crippen LogP contribution in [-0.2, 0) is 4.79 Å². The number of nitrogens with two attached hydrogens (primary N) is 1. The minimum Gasteiger partial charge on any atom is -0.366 e. The van der Waals surface area contributed by atoms with Crippen molar-refractivity contribution in [3.63, 3.8) is 0 Å². The molecule has 1 amide bonds. The first-order chi connectivity index (χ1) is 11.6. The van der Waals surface area contributed by atoms with Gasteiger partial charge in [-0.1, -0.05) is 6.07 Å². The zero-order valence-corrected chi connectivity index (χ0v) is 13.6. The van der Waals surface area contributed by atoms with Crippen LogP contribution >= 0.6 is 11.3 Å². The molecule has 0 spiro atoms. The second-order valence-electron chi connectivity index (χ2n) is 5.39. The van der Waals surface area contributed by atoms with E-state index in [0.717, 1.165) is 10.4 Å². The van der Waals surface area contributed by atoms with Gasteiger partial charge in [0.05, 0.1) is 10.5 Å². The molecule has 8 heteroatoms. The molecule has 24 heavy (non-hydrogen) atoms. The van der Waals surface area contributed by atoms with E-state index in [1.54, 1.807) is 28.4 Å². The molecule has 0 saturated carbocycles. The SMILES string of the molecule is CC1=C(C(N)=O)C(c2ccncc2)n2nc(-c3cccs3)nc2N1. The highest BCUT2D eigenvalue weighted by atomic mass is 32.1. The molecule has 0 radical (unpaired) electrons. The Hall–Kier alpha value is -3.00. The Bertz CT molecular complexity index is 929. The Morgan fingerprint density at radius 2 is 2.12 bits per heavy atom. The minimum absolute atomic E-state index is 0.428. The quantitative estimate of drug-likeness (QED) is 0.762. The predicted molar refractivity (Wildman–Crippen MR) is 91.2 cm³/mol. The molecule has 0 aromatic carbocycles. The number of carbonyl (C=O) groups is 1. The van der Waals surface area contributed by atoms with Crippen LogP contribution in [0.25, 0.3) is 10.7 Å². The van der Waals surface area contributed by atoms with E-state index in [-0.39, 0.29) is 0 Å². The van der Waals surface area contributed by atoms with Gasteiger partial charge in [-0.3, -0.25) is 9.78 Å². The van der Waals surface area contributed by atoms with E-state index in [0.29, 0.717) is 23.0 Å². The van der Waals surface area contributed by atoms with Crippen molar-refractivity contribution < 1.29 is 4.79 Å². The van der Waals surface area contributed by atoms with Crippen LogP contribution < -0.4 is 11.1 Å². The van der Waals surface area contributed by atoms with Gasteiger partial charge >= 0.3 is 0 Å². The fraction of sp³-hybridized carbons (Fsp3) is 0.125. The molecule has 1 aliphatic heterocycles. The summed E-state index contributed by atoms with van der Waals surface area (Å²) in [5.41, 5.74) is 7.66. The van der Waals surface area contributed by atoms with E-state index in [2.05, 4.69) is 20.4 Å². The Labute approximate surface area is 141 Å². The third kappa shape index (κ3) is 2.28. The molecule has 0 aliphatic carbocycles. The second-order valence-corrected chi connectivity index (χ2v) is 6.34. The summed E-state index contributed by atoms with van der Waals surface area (Å²) in [7, 11) is 0. The monoisotopic (exact) mass is 338 g/mol. The lowest BCUT2D eigenvalue weighted by Gasteiger charge is -2.27. The molecule has 4 heterocycles. The van der Waals surface area contributed by atoms with Gasteiger partial charge in [-0.25, -0.2) is 4.68 Å². The molecule has 0 saturated heterocycles.